The number of nitrogens with zero attached hydrogens (tertiary/aromatic N) is 1. The van der Waals surface area contributed by atoms with Crippen molar-refractivity contribution in [2.45, 2.75) is 32.1 Å². The molecule has 0 amide bonds. The summed E-state index contributed by atoms with van der Waals surface area (Å²) in [6, 6.07) is 0. The van der Waals surface area contributed by atoms with Crippen molar-refractivity contribution in [3.63, 3.8) is 0 Å². The summed E-state index contributed by atoms with van der Waals surface area (Å²) < 4.78 is 0. The second kappa shape index (κ2) is 4.26. The Kier molecular flexibility index (Phi) is 3.20. The van der Waals surface area contributed by atoms with Crippen LogP contribution in [0.3, 0.4) is 0 Å². The summed E-state index contributed by atoms with van der Waals surface area (Å²) in [4.78, 5) is 3.84. The summed E-state index contributed by atoms with van der Waals surface area (Å²) in [6.07, 6.45) is 8.86. The van der Waals surface area contributed by atoms with Gasteiger partial charge in [-0.1, -0.05) is 11.6 Å². The summed E-state index contributed by atoms with van der Waals surface area (Å²) in [7, 11) is 0. The fraction of sp³-hybridized carbons (Fsp3) is 0.667. The van der Waals surface area contributed by atoms with Crippen LogP contribution in [-0.4, -0.2) is 13.3 Å². The highest BCUT2D eigenvalue weighted by Crippen LogP contribution is 2.19. The van der Waals surface area contributed by atoms with E-state index in [1.165, 1.54) is 25.7 Å². The molecule has 0 saturated carbocycles. The van der Waals surface area contributed by atoms with Crippen LogP contribution < -0.4 is 0 Å². The highest BCUT2D eigenvalue weighted by atomic mass is 14.7. The van der Waals surface area contributed by atoms with Crippen molar-refractivity contribution in [1.82, 2.24) is 0 Å². The van der Waals surface area contributed by atoms with Gasteiger partial charge in [0, 0.05) is 6.54 Å². The maximum Gasteiger partial charge on any atom is 0.0419 e. The van der Waals surface area contributed by atoms with Crippen LogP contribution in [0.15, 0.2) is 16.6 Å². The van der Waals surface area contributed by atoms with Crippen LogP contribution in [-0.2, 0) is 0 Å². The molecule has 0 atom stereocenters. The molecule has 0 spiro atoms. The Morgan fingerprint density at radius 3 is 3.00 bits per heavy atom. The fourth-order valence-electron chi connectivity index (χ4n) is 1.35. The molecule has 0 unspecified atom stereocenters. The number of rotatable bonds is 3. The Morgan fingerprint density at radius 2 is 2.40 bits per heavy atom. The topological polar surface area (TPSA) is 12.4 Å². The molecule has 1 aliphatic rings. The average Bonchev–Trinajstić information content (AvgIpc) is 2.03. The molecule has 0 aromatic heterocycles. The van der Waals surface area contributed by atoms with Gasteiger partial charge >= 0.3 is 0 Å². The molecule has 0 radical (unpaired) electrons. The Labute approximate surface area is 62.9 Å². The summed E-state index contributed by atoms with van der Waals surface area (Å²) in [6.45, 7) is 4.38. The van der Waals surface area contributed by atoms with Gasteiger partial charge in [0.25, 0.3) is 0 Å². The van der Waals surface area contributed by atoms with Crippen molar-refractivity contribution >= 4 is 6.72 Å². The SMILES string of the molecule is C=NCCC1=CCCCC1. The van der Waals surface area contributed by atoms with E-state index in [4.69, 9.17) is 0 Å². The first-order valence-electron chi connectivity index (χ1n) is 4.04. The Bertz CT molecular complexity index is 136. The monoisotopic (exact) mass is 137 g/mol. The third kappa shape index (κ3) is 2.34. The number of aliphatic imine (C=N–C) groups is 1. The Hall–Kier alpha value is -0.590. The van der Waals surface area contributed by atoms with Gasteiger partial charge in [-0.2, -0.15) is 0 Å². The molecular formula is C9H15N. The Balaban J connectivity index is 2.24. The highest BCUT2D eigenvalue weighted by Gasteiger charge is 2.01. The van der Waals surface area contributed by atoms with Crippen LogP contribution in [0.5, 0.6) is 0 Å². The van der Waals surface area contributed by atoms with E-state index in [1.807, 2.05) is 0 Å². The van der Waals surface area contributed by atoms with Crippen LogP contribution in [0.1, 0.15) is 32.1 Å². The highest BCUT2D eigenvalue weighted by molar-refractivity contribution is 5.23. The maximum absolute atomic E-state index is 3.84. The lowest BCUT2D eigenvalue weighted by Gasteiger charge is -2.10. The zero-order chi connectivity index (χ0) is 7.23. The quantitative estimate of drug-likeness (QED) is 0.419. The Morgan fingerprint density at radius 1 is 1.50 bits per heavy atom. The molecule has 0 aliphatic heterocycles. The summed E-state index contributed by atoms with van der Waals surface area (Å²) in [5, 5.41) is 0. The lowest BCUT2D eigenvalue weighted by Crippen LogP contribution is -1.93. The molecular weight excluding hydrogens is 122 g/mol. The molecule has 0 bridgehead atoms. The molecule has 0 fully saturated rings. The van der Waals surface area contributed by atoms with Gasteiger partial charge in [0.2, 0.25) is 0 Å². The van der Waals surface area contributed by atoms with Crippen molar-refractivity contribution in [1.29, 1.82) is 0 Å². The minimum atomic E-state index is 0.909. The van der Waals surface area contributed by atoms with Gasteiger partial charge in [-0.05, 0) is 38.8 Å². The smallest absolute Gasteiger partial charge is 0.0419 e. The van der Waals surface area contributed by atoms with Crippen LogP contribution in [0.2, 0.25) is 0 Å². The van der Waals surface area contributed by atoms with E-state index in [1.54, 1.807) is 5.57 Å². The first-order valence-corrected chi connectivity index (χ1v) is 4.04. The molecule has 10 heavy (non-hydrogen) atoms. The van der Waals surface area contributed by atoms with E-state index < -0.39 is 0 Å². The van der Waals surface area contributed by atoms with Crippen molar-refractivity contribution in [2.24, 2.45) is 4.99 Å². The zero-order valence-corrected chi connectivity index (χ0v) is 6.47. The fourth-order valence-corrected chi connectivity index (χ4v) is 1.35. The van der Waals surface area contributed by atoms with Crippen molar-refractivity contribution in [3.8, 4) is 0 Å². The number of allylic oxidation sites excluding steroid dienone is 1. The predicted octanol–water partition coefficient (Wildman–Crippen LogP) is 2.58. The van der Waals surface area contributed by atoms with E-state index in [-0.39, 0.29) is 0 Å². The van der Waals surface area contributed by atoms with Crippen molar-refractivity contribution < 1.29 is 0 Å². The zero-order valence-electron chi connectivity index (χ0n) is 6.47. The minimum absolute atomic E-state index is 0.909. The largest absolute Gasteiger partial charge is 0.301 e. The second-order valence-corrected chi connectivity index (χ2v) is 2.81. The third-order valence-electron chi connectivity index (χ3n) is 1.98. The lowest BCUT2D eigenvalue weighted by molar-refractivity contribution is 0.677. The predicted molar refractivity (Wildman–Crippen MR) is 45.6 cm³/mol. The van der Waals surface area contributed by atoms with Crippen LogP contribution in [0.25, 0.3) is 0 Å². The van der Waals surface area contributed by atoms with E-state index in [9.17, 15) is 0 Å². The normalized spacial score (nSPS) is 18.2. The van der Waals surface area contributed by atoms with Gasteiger partial charge in [-0.25, -0.2) is 0 Å². The minimum Gasteiger partial charge on any atom is -0.301 e. The molecule has 0 saturated heterocycles. The average molecular weight is 137 g/mol. The summed E-state index contributed by atoms with van der Waals surface area (Å²) >= 11 is 0. The van der Waals surface area contributed by atoms with Crippen molar-refractivity contribution in [3.05, 3.63) is 11.6 Å². The molecule has 0 aromatic rings. The van der Waals surface area contributed by atoms with Gasteiger partial charge in [0.1, 0.15) is 0 Å². The standard InChI is InChI=1S/C9H15N/c1-10-8-7-9-5-3-2-4-6-9/h5H,1-4,6-8H2. The second-order valence-electron chi connectivity index (χ2n) is 2.81. The molecule has 1 heteroatoms. The van der Waals surface area contributed by atoms with E-state index in [2.05, 4.69) is 17.8 Å². The number of hydrogen-bond acceptors (Lipinski definition) is 1. The van der Waals surface area contributed by atoms with Crippen molar-refractivity contribution in [2.75, 3.05) is 6.54 Å². The van der Waals surface area contributed by atoms with E-state index in [0.29, 0.717) is 0 Å². The summed E-state index contributed by atoms with van der Waals surface area (Å²) in [5.41, 5.74) is 1.60. The molecule has 56 valence electrons. The molecule has 0 aromatic carbocycles. The first-order chi connectivity index (χ1) is 4.93. The van der Waals surface area contributed by atoms with Gasteiger partial charge in [-0.15, -0.1) is 0 Å². The summed E-state index contributed by atoms with van der Waals surface area (Å²) in [5.74, 6) is 0. The van der Waals surface area contributed by atoms with E-state index in [0.717, 1.165) is 13.0 Å². The van der Waals surface area contributed by atoms with Gasteiger partial charge in [0.05, 0.1) is 0 Å². The third-order valence-corrected chi connectivity index (χ3v) is 1.98. The molecule has 0 heterocycles. The van der Waals surface area contributed by atoms with Crippen LogP contribution in [0.4, 0.5) is 0 Å². The lowest BCUT2D eigenvalue weighted by atomic mass is 9.97. The maximum atomic E-state index is 3.84. The molecule has 1 rings (SSSR count). The molecule has 1 aliphatic carbocycles. The van der Waals surface area contributed by atoms with Gasteiger partial charge < -0.3 is 4.99 Å². The number of hydrogen-bond donors (Lipinski definition) is 0. The van der Waals surface area contributed by atoms with Gasteiger partial charge in [-0.3, -0.25) is 0 Å². The molecule has 0 N–H and O–H groups in total. The molecule has 1 nitrogen and oxygen atoms in total. The van der Waals surface area contributed by atoms with Gasteiger partial charge in [0.15, 0.2) is 0 Å². The first kappa shape index (κ1) is 7.52. The van der Waals surface area contributed by atoms with E-state index >= 15 is 0 Å². The van der Waals surface area contributed by atoms with Crippen LogP contribution >= 0.6 is 0 Å². The van der Waals surface area contributed by atoms with Crippen LogP contribution in [0, 0.1) is 0 Å².